The van der Waals surface area contributed by atoms with E-state index in [9.17, 15) is 0 Å². The van der Waals surface area contributed by atoms with Crippen LogP contribution in [-0.2, 0) is 16.8 Å². The molecule has 1 radical (unpaired) electrons. The molecule has 4 heteroatoms. The van der Waals surface area contributed by atoms with Crippen molar-refractivity contribution in [1.82, 2.24) is 4.73 Å². The Morgan fingerprint density at radius 2 is 2.11 bits per heavy atom. The number of hydrogen-bond acceptors (Lipinski definition) is 2. The number of hydrogen-bond donors (Lipinski definition) is 1. The van der Waals surface area contributed by atoms with Gasteiger partial charge >= 0.3 is 0 Å². The molecule has 0 bridgehead atoms. The third kappa shape index (κ3) is 2.17. The fourth-order valence-corrected chi connectivity index (χ4v) is 0.558. The molecule has 51 valence electrons. The monoisotopic (exact) mass is 186 g/mol. The molecule has 0 saturated carbocycles. The number of nitrogens with zero attached hydrogens (tertiary/aromatic N) is 1. The average molecular weight is 186 g/mol. The summed E-state index contributed by atoms with van der Waals surface area (Å²) in [6.07, 6.45) is 1.49. The van der Waals surface area contributed by atoms with Crippen molar-refractivity contribution in [3.8, 4) is 0 Å². The molecule has 1 N–H and O–H groups in total. The molecule has 1 aromatic rings. The van der Waals surface area contributed by atoms with Gasteiger partial charge in [0.05, 0.1) is 0 Å². The van der Waals surface area contributed by atoms with Crippen LogP contribution in [0.4, 0.5) is 0 Å². The number of pyridine rings is 1. The third-order valence-corrected chi connectivity index (χ3v) is 1.13. The number of rotatable bonds is 0. The topological polar surface area (TPSA) is 25.2 Å². The molecule has 2 nitrogen and oxygen atoms in total. The second-order valence-corrected chi connectivity index (χ2v) is 1.80. The molecule has 9 heavy (non-hydrogen) atoms. The zero-order chi connectivity index (χ0) is 5.98. The second-order valence-electron chi connectivity index (χ2n) is 1.38. The smallest absolute Gasteiger partial charge is 0.142 e. The van der Waals surface area contributed by atoms with E-state index in [4.69, 9.17) is 5.21 Å². The van der Waals surface area contributed by atoms with Gasteiger partial charge in [0.15, 0.2) is 0 Å². The van der Waals surface area contributed by atoms with Crippen molar-refractivity contribution in [2.24, 2.45) is 0 Å². The van der Waals surface area contributed by atoms with Gasteiger partial charge in [-0.05, 0) is 12.1 Å². The summed E-state index contributed by atoms with van der Waals surface area (Å²) < 4.78 is 1.32. The molecule has 1 rings (SSSR count). The summed E-state index contributed by atoms with van der Waals surface area (Å²) in [5, 5.41) is 8.73. The zero-order valence-corrected chi connectivity index (χ0v) is 6.30. The molecule has 0 amide bonds. The van der Waals surface area contributed by atoms with Crippen LogP contribution >= 0.6 is 12.2 Å². The van der Waals surface area contributed by atoms with Gasteiger partial charge in [-0.3, -0.25) is 0 Å². The van der Waals surface area contributed by atoms with Crippen molar-refractivity contribution in [3.05, 3.63) is 29.0 Å². The van der Waals surface area contributed by atoms with E-state index in [2.05, 4.69) is 12.2 Å². The van der Waals surface area contributed by atoms with Crippen LogP contribution in [0.1, 0.15) is 0 Å². The van der Waals surface area contributed by atoms with E-state index in [1.165, 1.54) is 6.20 Å². The van der Waals surface area contributed by atoms with Gasteiger partial charge < -0.3 is 5.21 Å². The van der Waals surface area contributed by atoms with Crippen molar-refractivity contribution in [1.29, 1.82) is 0 Å². The summed E-state index contributed by atoms with van der Waals surface area (Å²) in [5.74, 6) is 0. The molecule has 1 heterocycles. The molecule has 1 aromatic heterocycles. The van der Waals surface area contributed by atoms with E-state index in [0.29, 0.717) is 4.64 Å². The van der Waals surface area contributed by atoms with Crippen LogP contribution in [0.2, 0.25) is 0 Å². The largest absolute Gasteiger partial charge is 0.428 e. The average Bonchev–Trinajstić information content (AvgIpc) is 1.77. The predicted octanol–water partition coefficient (Wildman–Crippen LogP) is 1.45. The van der Waals surface area contributed by atoms with Crippen LogP contribution in [0.3, 0.4) is 0 Å². The molecular weight excluding hydrogens is 181 g/mol. The van der Waals surface area contributed by atoms with E-state index in [1.54, 1.807) is 18.2 Å². The first-order valence-corrected chi connectivity index (χ1v) is 2.58. The Morgan fingerprint density at radius 3 is 2.44 bits per heavy atom. The summed E-state index contributed by atoms with van der Waals surface area (Å²) in [6.45, 7) is 0. The fourth-order valence-electron chi connectivity index (χ4n) is 0.419. The summed E-state index contributed by atoms with van der Waals surface area (Å²) in [4.78, 5) is 0. The molecular formula is C5H5CoNOS. The standard InChI is InChI=1S/C5H5NOS.Co/c7-6-4-2-1-3-5(6)8;/h1-4,7H;. The summed E-state index contributed by atoms with van der Waals surface area (Å²) in [7, 11) is 0. The van der Waals surface area contributed by atoms with E-state index in [1.807, 2.05) is 0 Å². The van der Waals surface area contributed by atoms with Crippen LogP contribution in [0.15, 0.2) is 24.4 Å². The minimum absolute atomic E-state index is 0. The van der Waals surface area contributed by atoms with Crippen molar-refractivity contribution in [3.63, 3.8) is 0 Å². The Labute approximate surface area is 68.3 Å². The second kappa shape index (κ2) is 3.65. The molecule has 0 aliphatic heterocycles. The minimum Gasteiger partial charge on any atom is -0.428 e. The molecule has 0 saturated heterocycles. The molecule has 0 aliphatic rings. The van der Waals surface area contributed by atoms with Gasteiger partial charge in [-0.25, -0.2) is 0 Å². The molecule has 0 spiro atoms. The van der Waals surface area contributed by atoms with Gasteiger partial charge in [-0.15, -0.1) is 0 Å². The third-order valence-electron chi connectivity index (χ3n) is 0.803. The Hall–Kier alpha value is -0.324. The molecule has 0 aliphatic carbocycles. The van der Waals surface area contributed by atoms with E-state index in [-0.39, 0.29) is 16.8 Å². The Morgan fingerprint density at radius 1 is 1.44 bits per heavy atom. The van der Waals surface area contributed by atoms with E-state index >= 15 is 0 Å². The molecule has 0 fully saturated rings. The van der Waals surface area contributed by atoms with Crippen molar-refractivity contribution < 1.29 is 22.0 Å². The zero-order valence-electron chi connectivity index (χ0n) is 4.45. The minimum atomic E-state index is 0. The maximum absolute atomic E-state index is 8.73. The van der Waals surface area contributed by atoms with Crippen LogP contribution in [0.25, 0.3) is 0 Å². The Balaban J connectivity index is 0.000000640. The summed E-state index contributed by atoms with van der Waals surface area (Å²) in [6, 6.07) is 5.13. The normalized spacial score (nSPS) is 8.00. The van der Waals surface area contributed by atoms with Crippen LogP contribution in [0.5, 0.6) is 0 Å². The summed E-state index contributed by atoms with van der Waals surface area (Å²) in [5.41, 5.74) is 0. The van der Waals surface area contributed by atoms with Gasteiger partial charge in [0.2, 0.25) is 0 Å². The van der Waals surface area contributed by atoms with Crippen LogP contribution in [0, 0.1) is 4.64 Å². The van der Waals surface area contributed by atoms with Gasteiger partial charge in [-0.1, -0.05) is 18.3 Å². The van der Waals surface area contributed by atoms with E-state index in [0.717, 1.165) is 4.73 Å². The number of aromatic nitrogens is 1. The van der Waals surface area contributed by atoms with Gasteiger partial charge in [0.1, 0.15) is 4.64 Å². The Bertz CT molecular complexity index is 234. The Kier molecular flexibility index (Phi) is 3.52. The van der Waals surface area contributed by atoms with Gasteiger partial charge in [0, 0.05) is 23.0 Å². The molecule has 0 unspecified atom stereocenters. The first-order valence-electron chi connectivity index (χ1n) is 2.17. The maximum Gasteiger partial charge on any atom is 0.142 e. The predicted molar refractivity (Wildman–Crippen MR) is 32.5 cm³/mol. The maximum atomic E-state index is 8.73. The van der Waals surface area contributed by atoms with Crippen molar-refractivity contribution in [2.75, 3.05) is 0 Å². The van der Waals surface area contributed by atoms with Crippen LogP contribution in [-0.4, -0.2) is 9.94 Å². The van der Waals surface area contributed by atoms with Crippen LogP contribution < -0.4 is 0 Å². The fraction of sp³-hybridized carbons (Fsp3) is 0. The summed E-state index contributed by atoms with van der Waals surface area (Å²) >= 11 is 4.67. The SMILES string of the molecule is On1ccccc1=S.[Co]. The van der Waals surface area contributed by atoms with Crippen molar-refractivity contribution >= 4 is 12.2 Å². The van der Waals surface area contributed by atoms with Gasteiger partial charge in [0.25, 0.3) is 0 Å². The molecule has 0 atom stereocenters. The first kappa shape index (κ1) is 8.68. The molecule has 0 aromatic carbocycles. The van der Waals surface area contributed by atoms with Crippen molar-refractivity contribution in [2.45, 2.75) is 0 Å². The van der Waals surface area contributed by atoms with E-state index < -0.39 is 0 Å². The quantitative estimate of drug-likeness (QED) is 0.490. The van der Waals surface area contributed by atoms with Gasteiger partial charge in [-0.2, -0.15) is 4.73 Å². The first-order chi connectivity index (χ1) is 3.80.